The monoisotopic (exact) mass is 247 g/mol. The standard InChI is InChI=1S/C14H17NO3/c1-3-4-5-6-9-15-14(17)12-8-7-11(18-2)10-13(12)16/h1,7-8,10,16H,4-6,9H2,2H3,(H,15,17). The summed E-state index contributed by atoms with van der Waals surface area (Å²) >= 11 is 0. The van der Waals surface area contributed by atoms with Crippen molar-refractivity contribution in [1.29, 1.82) is 0 Å². The Labute approximate surface area is 107 Å². The van der Waals surface area contributed by atoms with Crippen molar-refractivity contribution in [2.45, 2.75) is 19.3 Å². The van der Waals surface area contributed by atoms with Gasteiger partial charge >= 0.3 is 0 Å². The van der Waals surface area contributed by atoms with Crippen LogP contribution in [-0.2, 0) is 0 Å². The van der Waals surface area contributed by atoms with E-state index in [2.05, 4.69) is 11.2 Å². The van der Waals surface area contributed by atoms with Crippen molar-refractivity contribution < 1.29 is 14.6 Å². The molecule has 96 valence electrons. The Hall–Kier alpha value is -2.15. The van der Waals surface area contributed by atoms with E-state index in [-0.39, 0.29) is 17.2 Å². The molecule has 1 aromatic carbocycles. The summed E-state index contributed by atoms with van der Waals surface area (Å²) in [7, 11) is 1.50. The number of benzene rings is 1. The second-order valence-electron chi connectivity index (χ2n) is 3.80. The Kier molecular flexibility index (Phi) is 5.59. The van der Waals surface area contributed by atoms with E-state index in [1.165, 1.54) is 19.2 Å². The molecule has 0 saturated carbocycles. The lowest BCUT2D eigenvalue weighted by Gasteiger charge is -2.07. The Morgan fingerprint density at radius 1 is 1.50 bits per heavy atom. The van der Waals surface area contributed by atoms with Gasteiger partial charge in [-0.15, -0.1) is 12.3 Å². The zero-order valence-electron chi connectivity index (χ0n) is 10.4. The molecule has 0 saturated heterocycles. The van der Waals surface area contributed by atoms with Gasteiger partial charge in [-0.3, -0.25) is 4.79 Å². The maximum atomic E-state index is 11.7. The van der Waals surface area contributed by atoms with E-state index < -0.39 is 0 Å². The second kappa shape index (κ2) is 7.23. The number of carbonyl (C=O) groups excluding carboxylic acids is 1. The van der Waals surface area contributed by atoms with Crippen LogP contribution in [0.25, 0.3) is 0 Å². The number of hydrogen-bond donors (Lipinski definition) is 2. The minimum Gasteiger partial charge on any atom is -0.507 e. The van der Waals surface area contributed by atoms with Crippen molar-refractivity contribution in [2.75, 3.05) is 13.7 Å². The normalized spacial score (nSPS) is 9.56. The van der Waals surface area contributed by atoms with E-state index in [0.717, 1.165) is 12.8 Å². The Morgan fingerprint density at radius 3 is 2.89 bits per heavy atom. The fourth-order valence-electron chi connectivity index (χ4n) is 1.48. The van der Waals surface area contributed by atoms with Crippen LogP contribution in [0.2, 0.25) is 0 Å². The summed E-state index contributed by atoms with van der Waals surface area (Å²) in [6.45, 7) is 0.548. The first-order valence-corrected chi connectivity index (χ1v) is 5.77. The number of unbranched alkanes of at least 4 members (excludes halogenated alkanes) is 2. The Bertz CT molecular complexity index is 449. The van der Waals surface area contributed by atoms with Gasteiger partial charge in [0.15, 0.2) is 0 Å². The molecule has 0 aliphatic heterocycles. The van der Waals surface area contributed by atoms with Crippen molar-refractivity contribution in [1.82, 2.24) is 5.32 Å². The van der Waals surface area contributed by atoms with E-state index in [0.29, 0.717) is 18.7 Å². The molecule has 4 nitrogen and oxygen atoms in total. The lowest BCUT2D eigenvalue weighted by molar-refractivity contribution is 0.0950. The van der Waals surface area contributed by atoms with E-state index in [9.17, 15) is 9.90 Å². The van der Waals surface area contributed by atoms with Crippen LogP contribution in [0.5, 0.6) is 11.5 Å². The van der Waals surface area contributed by atoms with Crippen molar-refractivity contribution in [3.8, 4) is 23.8 Å². The van der Waals surface area contributed by atoms with Gasteiger partial charge in [-0.2, -0.15) is 0 Å². The predicted octanol–water partition coefficient (Wildman–Crippen LogP) is 1.93. The lowest BCUT2D eigenvalue weighted by atomic mass is 10.1. The van der Waals surface area contributed by atoms with Crippen molar-refractivity contribution >= 4 is 5.91 Å². The van der Waals surface area contributed by atoms with Crippen LogP contribution >= 0.6 is 0 Å². The second-order valence-corrected chi connectivity index (χ2v) is 3.80. The Balaban J connectivity index is 2.49. The minimum absolute atomic E-state index is 0.0875. The Morgan fingerprint density at radius 2 is 2.28 bits per heavy atom. The minimum atomic E-state index is -0.295. The van der Waals surface area contributed by atoms with Gasteiger partial charge in [0.05, 0.1) is 12.7 Å². The number of rotatable bonds is 6. The number of ether oxygens (including phenoxy) is 1. The average molecular weight is 247 g/mol. The third kappa shape index (κ3) is 4.02. The van der Waals surface area contributed by atoms with Gasteiger partial charge in [-0.1, -0.05) is 0 Å². The molecule has 1 amide bonds. The van der Waals surface area contributed by atoms with Gasteiger partial charge in [0.2, 0.25) is 0 Å². The highest BCUT2D eigenvalue weighted by Crippen LogP contribution is 2.23. The first-order valence-electron chi connectivity index (χ1n) is 5.77. The van der Waals surface area contributed by atoms with Crippen LogP contribution < -0.4 is 10.1 Å². The molecule has 1 rings (SSSR count). The highest BCUT2D eigenvalue weighted by molar-refractivity contribution is 5.96. The highest BCUT2D eigenvalue weighted by atomic mass is 16.5. The summed E-state index contributed by atoms with van der Waals surface area (Å²) in [5.41, 5.74) is 0.243. The van der Waals surface area contributed by atoms with Gasteiger partial charge in [-0.25, -0.2) is 0 Å². The van der Waals surface area contributed by atoms with Crippen LogP contribution in [0.4, 0.5) is 0 Å². The van der Waals surface area contributed by atoms with Gasteiger partial charge in [0, 0.05) is 19.0 Å². The molecule has 0 fully saturated rings. The number of methoxy groups -OCH3 is 1. The van der Waals surface area contributed by atoms with Crippen molar-refractivity contribution in [2.24, 2.45) is 0 Å². The van der Waals surface area contributed by atoms with E-state index in [1.807, 2.05) is 0 Å². The van der Waals surface area contributed by atoms with Gasteiger partial charge < -0.3 is 15.2 Å². The molecule has 1 aromatic rings. The third-order valence-electron chi connectivity index (χ3n) is 2.48. The molecule has 18 heavy (non-hydrogen) atoms. The number of phenolic OH excluding ortho intramolecular Hbond substituents is 1. The van der Waals surface area contributed by atoms with Crippen molar-refractivity contribution in [3.05, 3.63) is 23.8 Å². The SMILES string of the molecule is C#CCCCCNC(=O)c1ccc(OC)cc1O. The predicted molar refractivity (Wildman–Crippen MR) is 69.7 cm³/mol. The summed E-state index contributed by atoms with van der Waals surface area (Å²) < 4.78 is 4.94. The average Bonchev–Trinajstić information content (AvgIpc) is 2.38. The number of nitrogens with one attached hydrogen (secondary N) is 1. The summed E-state index contributed by atoms with van der Waals surface area (Å²) in [4.78, 5) is 11.7. The first kappa shape index (κ1) is 13.9. The summed E-state index contributed by atoms with van der Waals surface area (Å²) in [5, 5.41) is 12.4. The van der Waals surface area contributed by atoms with Gasteiger partial charge in [0.1, 0.15) is 11.5 Å². The summed E-state index contributed by atoms with van der Waals surface area (Å²) in [6.07, 6.45) is 7.55. The van der Waals surface area contributed by atoms with Crippen LogP contribution in [-0.4, -0.2) is 24.7 Å². The smallest absolute Gasteiger partial charge is 0.255 e. The molecule has 0 atom stereocenters. The molecule has 0 spiro atoms. The molecule has 0 heterocycles. The molecule has 0 unspecified atom stereocenters. The molecule has 0 radical (unpaired) electrons. The lowest BCUT2D eigenvalue weighted by Crippen LogP contribution is -2.24. The largest absolute Gasteiger partial charge is 0.507 e. The number of hydrogen-bond acceptors (Lipinski definition) is 3. The van der Waals surface area contributed by atoms with E-state index >= 15 is 0 Å². The van der Waals surface area contributed by atoms with Crippen molar-refractivity contribution in [3.63, 3.8) is 0 Å². The summed E-state index contributed by atoms with van der Waals surface area (Å²) in [5.74, 6) is 2.67. The van der Waals surface area contributed by atoms with E-state index in [1.54, 1.807) is 6.07 Å². The van der Waals surface area contributed by atoms with Crippen LogP contribution in [0, 0.1) is 12.3 Å². The topological polar surface area (TPSA) is 58.6 Å². The van der Waals surface area contributed by atoms with Gasteiger partial charge in [0.25, 0.3) is 5.91 Å². The number of terminal acetylenes is 1. The molecule has 0 bridgehead atoms. The fraction of sp³-hybridized carbons (Fsp3) is 0.357. The molecule has 0 aliphatic carbocycles. The maximum absolute atomic E-state index is 11.7. The fourth-order valence-corrected chi connectivity index (χ4v) is 1.48. The van der Waals surface area contributed by atoms with Crippen LogP contribution in [0.3, 0.4) is 0 Å². The van der Waals surface area contributed by atoms with Crippen LogP contribution in [0.15, 0.2) is 18.2 Å². The maximum Gasteiger partial charge on any atom is 0.255 e. The third-order valence-corrected chi connectivity index (χ3v) is 2.48. The molecule has 4 heteroatoms. The molecule has 0 aliphatic rings. The molecule has 2 N–H and O–H groups in total. The zero-order chi connectivity index (χ0) is 13.4. The number of phenols is 1. The quantitative estimate of drug-likeness (QED) is 0.596. The molecular formula is C14H17NO3. The zero-order valence-corrected chi connectivity index (χ0v) is 10.4. The summed E-state index contributed by atoms with van der Waals surface area (Å²) in [6, 6.07) is 4.57. The molecular weight excluding hydrogens is 230 g/mol. The van der Waals surface area contributed by atoms with E-state index in [4.69, 9.17) is 11.2 Å². The number of carbonyl (C=O) groups is 1. The number of amides is 1. The first-order chi connectivity index (χ1) is 8.69. The molecule has 0 aromatic heterocycles. The van der Waals surface area contributed by atoms with Crippen LogP contribution in [0.1, 0.15) is 29.6 Å². The number of aromatic hydroxyl groups is 1. The highest BCUT2D eigenvalue weighted by Gasteiger charge is 2.10. The van der Waals surface area contributed by atoms with Gasteiger partial charge in [-0.05, 0) is 25.0 Å².